The molecule has 4 nitrogen and oxygen atoms in total. The van der Waals surface area contributed by atoms with E-state index in [1.54, 1.807) is 4.90 Å². The molecule has 2 amide bonds. The summed E-state index contributed by atoms with van der Waals surface area (Å²) < 4.78 is 0. The normalized spacial score (nSPS) is 18.1. The summed E-state index contributed by atoms with van der Waals surface area (Å²) in [6, 6.07) is 1.41. The Hall–Kier alpha value is -0.770. The summed E-state index contributed by atoms with van der Waals surface area (Å²) >= 11 is 0. The number of likely N-dealkylation sites (tertiary alicyclic amines) is 1. The molecule has 118 valence electrons. The number of carbonyl (C=O) groups excluding carboxylic acids is 1. The van der Waals surface area contributed by atoms with E-state index in [2.05, 4.69) is 19.2 Å². The Labute approximate surface area is 124 Å². The van der Waals surface area contributed by atoms with E-state index >= 15 is 0 Å². The molecule has 1 fully saturated rings. The predicted octanol–water partition coefficient (Wildman–Crippen LogP) is 3.08. The molecule has 1 atom stereocenters. The molecule has 1 unspecified atom stereocenters. The number of hydrogen-bond acceptors (Lipinski definition) is 2. The highest BCUT2D eigenvalue weighted by Crippen LogP contribution is 2.15. The van der Waals surface area contributed by atoms with Gasteiger partial charge in [-0.2, -0.15) is 0 Å². The summed E-state index contributed by atoms with van der Waals surface area (Å²) in [6.07, 6.45) is 8.59. The fourth-order valence-corrected chi connectivity index (χ4v) is 2.96. The van der Waals surface area contributed by atoms with Gasteiger partial charge in [0.25, 0.3) is 0 Å². The standard InChI is InChI=1S/C16H33N3O/c1-5-7-9-14(8-6-2)17-15-10-12-19(13-11-15)16(20)18(3)4/h14-15,17H,5-13H2,1-4H3. The van der Waals surface area contributed by atoms with Gasteiger partial charge in [-0.3, -0.25) is 0 Å². The number of unbranched alkanes of at least 4 members (excludes halogenated alkanes) is 1. The number of nitrogens with zero attached hydrogens (tertiary/aromatic N) is 2. The number of amides is 2. The summed E-state index contributed by atoms with van der Waals surface area (Å²) in [7, 11) is 3.66. The predicted molar refractivity (Wildman–Crippen MR) is 85.0 cm³/mol. The third kappa shape index (κ3) is 5.70. The molecule has 1 rings (SSSR count). The summed E-state index contributed by atoms with van der Waals surface area (Å²) in [5, 5.41) is 3.83. The lowest BCUT2D eigenvalue weighted by Crippen LogP contribution is -2.50. The molecule has 4 heteroatoms. The van der Waals surface area contributed by atoms with Crippen molar-refractivity contribution >= 4 is 6.03 Å². The lowest BCUT2D eigenvalue weighted by atomic mass is 10.00. The van der Waals surface area contributed by atoms with Gasteiger partial charge in [0, 0.05) is 39.3 Å². The van der Waals surface area contributed by atoms with Gasteiger partial charge in [-0.25, -0.2) is 4.79 Å². The van der Waals surface area contributed by atoms with Gasteiger partial charge in [0.05, 0.1) is 0 Å². The molecule has 0 aromatic carbocycles. The van der Waals surface area contributed by atoms with Crippen molar-refractivity contribution in [3.05, 3.63) is 0 Å². The maximum Gasteiger partial charge on any atom is 0.319 e. The van der Waals surface area contributed by atoms with Gasteiger partial charge in [0.2, 0.25) is 0 Å². The molecule has 0 saturated carbocycles. The average Bonchev–Trinajstić information content (AvgIpc) is 2.45. The lowest BCUT2D eigenvalue weighted by molar-refractivity contribution is 0.149. The maximum absolute atomic E-state index is 11.9. The molecule has 0 aromatic heterocycles. The van der Waals surface area contributed by atoms with Crippen LogP contribution in [0.3, 0.4) is 0 Å². The third-order valence-corrected chi connectivity index (χ3v) is 4.16. The topological polar surface area (TPSA) is 35.6 Å². The number of urea groups is 1. The SMILES string of the molecule is CCCCC(CCC)NC1CCN(C(=O)N(C)C)CC1. The Bertz CT molecular complexity index is 273. The van der Waals surface area contributed by atoms with Crippen LogP contribution in [-0.2, 0) is 0 Å². The second-order valence-electron chi connectivity index (χ2n) is 6.23. The molecule has 1 heterocycles. The van der Waals surface area contributed by atoms with Crippen LogP contribution in [0.25, 0.3) is 0 Å². The van der Waals surface area contributed by atoms with Crippen molar-refractivity contribution in [2.75, 3.05) is 27.2 Å². The van der Waals surface area contributed by atoms with E-state index in [9.17, 15) is 4.79 Å². The molecule has 0 bridgehead atoms. The van der Waals surface area contributed by atoms with E-state index in [4.69, 9.17) is 0 Å². The van der Waals surface area contributed by atoms with Crippen LogP contribution in [0.2, 0.25) is 0 Å². The zero-order chi connectivity index (χ0) is 15.0. The van der Waals surface area contributed by atoms with Crippen LogP contribution in [-0.4, -0.2) is 55.1 Å². The first-order valence-electron chi connectivity index (χ1n) is 8.30. The van der Waals surface area contributed by atoms with Crippen LogP contribution in [0.4, 0.5) is 4.79 Å². The van der Waals surface area contributed by atoms with Crippen molar-refractivity contribution in [2.24, 2.45) is 0 Å². The first-order chi connectivity index (χ1) is 9.58. The van der Waals surface area contributed by atoms with E-state index in [0.29, 0.717) is 12.1 Å². The molecule has 1 aliphatic rings. The Morgan fingerprint density at radius 1 is 1.20 bits per heavy atom. The monoisotopic (exact) mass is 283 g/mol. The van der Waals surface area contributed by atoms with Crippen LogP contribution in [0.5, 0.6) is 0 Å². The number of carbonyl (C=O) groups is 1. The maximum atomic E-state index is 11.9. The van der Waals surface area contributed by atoms with Crippen molar-refractivity contribution in [1.82, 2.24) is 15.1 Å². The molecule has 0 aromatic rings. The highest BCUT2D eigenvalue weighted by Gasteiger charge is 2.24. The molecule has 0 spiro atoms. The van der Waals surface area contributed by atoms with Gasteiger partial charge < -0.3 is 15.1 Å². The molecule has 20 heavy (non-hydrogen) atoms. The quantitative estimate of drug-likeness (QED) is 0.779. The smallest absolute Gasteiger partial charge is 0.319 e. The van der Waals surface area contributed by atoms with Gasteiger partial charge in [-0.1, -0.05) is 33.1 Å². The highest BCUT2D eigenvalue weighted by atomic mass is 16.2. The van der Waals surface area contributed by atoms with Gasteiger partial charge >= 0.3 is 6.03 Å². The molecular formula is C16H33N3O. The van der Waals surface area contributed by atoms with Crippen molar-refractivity contribution in [1.29, 1.82) is 0 Å². The Morgan fingerprint density at radius 2 is 1.85 bits per heavy atom. The Morgan fingerprint density at radius 3 is 2.35 bits per heavy atom. The van der Waals surface area contributed by atoms with Crippen molar-refractivity contribution in [2.45, 2.75) is 70.9 Å². The molecule has 1 saturated heterocycles. The van der Waals surface area contributed by atoms with Gasteiger partial charge in [-0.05, 0) is 25.7 Å². The largest absolute Gasteiger partial charge is 0.331 e. The van der Waals surface area contributed by atoms with E-state index in [0.717, 1.165) is 25.9 Å². The van der Waals surface area contributed by atoms with Crippen LogP contribution < -0.4 is 5.32 Å². The lowest BCUT2D eigenvalue weighted by Gasteiger charge is -2.35. The number of hydrogen-bond donors (Lipinski definition) is 1. The first kappa shape index (κ1) is 17.3. The number of piperidine rings is 1. The fourth-order valence-electron chi connectivity index (χ4n) is 2.96. The van der Waals surface area contributed by atoms with E-state index in [-0.39, 0.29) is 6.03 Å². The fraction of sp³-hybridized carbons (Fsp3) is 0.938. The average molecular weight is 283 g/mol. The van der Waals surface area contributed by atoms with Crippen LogP contribution in [0, 0.1) is 0 Å². The summed E-state index contributed by atoms with van der Waals surface area (Å²) in [5.41, 5.74) is 0. The molecule has 0 aliphatic carbocycles. The van der Waals surface area contributed by atoms with Crippen LogP contribution >= 0.6 is 0 Å². The second kappa shape index (κ2) is 9.22. The zero-order valence-corrected chi connectivity index (χ0v) is 13.8. The van der Waals surface area contributed by atoms with Crippen molar-refractivity contribution in [3.63, 3.8) is 0 Å². The zero-order valence-electron chi connectivity index (χ0n) is 13.8. The molecule has 1 N–H and O–H groups in total. The van der Waals surface area contributed by atoms with Gasteiger partial charge in [0.1, 0.15) is 0 Å². The minimum absolute atomic E-state index is 0.152. The minimum Gasteiger partial charge on any atom is -0.331 e. The summed E-state index contributed by atoms with van der Waals surface area (Å²) in [5.74, 6) is 0. The Balaban J connectivity index is 2.34. The van der Waals surface area contributed by atoms with Crippen LogP contribution in [0.1, 0.15) is 58.8 Å². The highest BCUT2D eigenvalue weighted by molar-refractivity contribution is 5.73. The molecular weight excluding hydrogens is 250 g/mol. The first-order valence-corrected chi connectivity index (χ1v) is 8.30. The number of rotatable bonds is 7. The molecule has 0 radical (unpaired) electrons. The minimum atomic E-state index is 0.152. The van der Waals surface area contributed by atoms with Crippen molar-refractivity contribution < 1.29 is 4.79 Å². The third-order valence-electron chi connectivity index (χ3n) is 4.16. The van der Waals surface area contributed by atoms with Gasteiger partial charge in [0.15, 0.2) is 0 Å². The molecule has 1 aliphatic heterocycles. The van der Waals surface area contributed by atoms with E-state index < -0.39 is 0 Å². The van der Waals surface area contributed by atoms with Crippen LogP contribution in [0.15, 0.2) is 0 Å². The van der Waals surface area contributed by atoms with Crippen molar-refractivity contribution in [3.8, 4) is 0 Å². The van der Waals surface area contributed by atoms with E-state index in [1.165, 1.54) is 32.1 Å². The Kier molecular flexibility index (Phi) is 7.97. The van der Waals surface area contributed by atoms with E-state index in [1.807, 2.05) is 19.0 Å². The summed E-state index contributed by atoms with van der Waals surface area (Å²) in [6.45, 7) is 6.30. The number of nitrogens with one attached hydrogen (secondary N) is 1. The van der Waals surface area contributed by atoms with Gasteiger partial charge in [-0.15, -0.1) is 0 Å². The second-order valence-corrected chi connectivity index (χ2v) is 6.23. The summed E-state index contributed by atoms with van der Waals surface area (Å²) in [4.78, 5) is 15.5.